The standard InChI is InChI=1S/C21H21NO2S/c23-21-20(24-17-18-9-3-1-4-10-18)13-7-14-22(21)15-8-16-25-19-11-5-2-6-12-19/h1-7,9-14H,8,15-17H2. The van der Waals surface area contributed by atoms with Crippen LogP contribution in [0.4, 0.5) is 0 Å². The van der Waals surface area contributed by atoms with E-state index in [0.29, 0.717) is 18.9 Å². The Kier molecular flexibility index (Phi) is 6.35. The average Bonchev–Trinajstić information content (AvgIpc) is 2.67. The highest BCUT2D eigenvalue weighted by molar-refractivity contribution is 7.99. The fourth-order valence-electron chi connectivity index (χ4n) is 2.48. The van der Waals surface area contributed by atoms with Gasteiger partial charge in [0.05, 0.1) is 0 Å². The Labute approximate surface area is 152 Å². The number of benzene rings is 2. The van der Waals surface area contributed by atoms with Crippen LogP contribution in [0.5, 0.6) is 5.75 Å². The third-order valence-electron chi connectivity index (χ3n) is 3.78. The molecular weight excluding hydrogens is 330 g/mol. The van der Waals surface area contributed by atoms with E-state index in [2.05, 4.69) is 12.1 Å². The van der Waals surface area contributed by atoms with Crippen molar-refractivity contribution in [2.75, 3.05) is 5.75 Å². The maximum absolute atomic E-state index is 12.5. The largest absolute Gasteiger partial charge is 0.483 e. The number of nitrogens with zero attached hydrogens (tertiary/aromatic N) is 1. The smallest absolute Gasteiger partial charge is 0.292 e. The molecule has 1 aromatic heterocycles. The highest BCUT2D eigenvalue weighted by Crippen LogP contribution is 2.18. The van der Waals surface area contributed by atoms with E-state index in [0.717, 1.165) is 17.7 Å². The fourth-order valence-corrected chi connectivity index (χ4v) is 3.34. The lowest BCUT2D eigenvalue weighted by atomic mass is 10.2. The van der Waals surface area contributed by atoms with Crippen molar-refractivity contribution in [2.45, 2.75) is 24.5 Å². The van der Waals surface area contributed by atoms with E-state index in [4.69, 9.17) is 4.74 Å². The van der Waals surface area contributed by atoms with E-state index in [1.165, 1.54) is 4.90 Å². The second-order valence-electron chi connectivity index (χ2n) is 5.66. The second-order valence-corrected chi connectivity index (χ2v) is 6.83. The molecule has 2 aromatic carbocycles. The lowest BCUT2D eigenvalue weighted by Crippen LogP contribution is -2.21. The molecular formula is C21H21NO2S. The maximum atomic E-state index is 12.5. The zero-order valence-electron chi connectivity index (χ0n) is 14.0. The predicted molar refractivity (Wildman–Crippen MR) is 103 cm³/mol. The third-order valence-corrected chi connectivity index (χ3v) is 4.88. The summed E-state index contributed by atoms with van der Waals surface area (Å²) in [5.41, 5.74) is 0.986. The van der Waals surface area contributed by atoms with Gasteiger partial charge in [0.25, 0.3) is 5.56 Å². The molecule has 0 spiro atoms. The van der Waals surface area contributed by atoms with Crippen molar-refractivity contribution in [3.05, 3.63) is 94.9 Å². The summed E-state index contributed by atoms with van der Waals surface area (Å²) in [6.45, 7) is 1.10. The zero-order valence-corrected chi connectivity index (χ0v) is 14.8. The molecule has 3 rings (SSSR count). The monoisotopic (exact) mass is 351 g/mol. The average molecular weight is 351 g/mol. The number of pyridine rings is 1. The van der Waals surface area contributed by atoms with Gasteiger partial charge in [-0.25, -0.2) is 0 Å². The van der Waals surface area contributed by atoms with Gasteiger partial charge in [0.2, 0.25) is 0 Å². The van der Waals surface area contributed by atoms with Gasteiger partial charge in [-0.3, -0.25) is 4.79 Å². The van der Waals surface area contributed by atoms with Crippen LogP contribution in [0, 0.1) is 0 Å². The minimum Gasteiger partial charge on any atom is -0.483 e. The van der Waals surface area contributed by atoms with Crippen molar-refractivity contribution < 1.29 is 4.74 Å². The molecule has 0 unspecified atom stereocenters. The molecule has 1 heterocycles. The summed E-state index contributed by atoms with van der Waals surface area (Å²) in [5.74, 6) is 1.38. The molecule has 25 heavy (non-hydrogen) atoms. The van der Waals surface area contributed by atoms with Crippen LogP contribution in [0.2, 0.25) is 0 Å². The first-order valence-electron chi connectivity index (χ1n) is 8.37. The van der Waals surface area contributed by atoms with Crippen molar-refractivity contribution in [3.63, 3.8) is 0 Å². The predicted octanol–water partition coefficient (Wildman–Crippen LogP) is 4.61. The van der Waals surface area contributed by atoms with Crippen molar-refractivity contribution in [2.24, 2.45) is 0 Å². The van der Waals surface area contributed by atoms with Crippen LogP contribution in [0.3, 0.4) is 0 Å². The van der Waals surface area contributed by atoms with Gasteiger partial charge in [0.1, 0.15) is 6.61 Å². The molecule has 4 heteroatoms. The van der Waals surface area contributed by atoms with Crippen molar-refractivity contribution >= 4 is 11.8 Å². The molecule has 0 N–H and O–H groups in total. The van der Waals surface area contributed by atoms with Crippen LogP contribution in [0.25, 0.3) is 0 Å². The summed E-state index contributed by atoms with van der Waals surface area (Å²) in [6, 6.07) is 23.8. The minimum absolute atomic E-state index is 0.0665. The van der Waals surface area contributed by atoms with Crippen molar-refractivity contribution in [1.82, 2.24) is 4.57 Å². The van der Waals surface area contributed by atoms with Crippen LogP contribution in [0.15, 0.2) is 88.7 Å². The number of thioether (sulfide) groups is 1. The number of hydrogen-bond acceptors (Lipinski definition) is 3. The van der Waals surface area contributed by atoms with Gasteiger partial charge in [-0.05, 0) is 42.0 Å². The Morgan fingerprint density at radius 2 is 1.60 bits per heavy atom. The first-order chi connectivity index (χ1) is 12.3. The van der Waals surface area contributed by atoms with E-state index < -0.39 is 0 Å². The lowest BCUT2D eigenvalue weighted by molar-refractivity contribution is 0.299. The first kappa shape index (κ1) is 17.4. The molecule has 128 valence electrons. The molecule has 0 saturated carbocycles. The zero-order chi connectivity index (χ0) is 17.3. The topological polar surface area (TPSA) is 31.2 Å². The van der Waals surface area contributed by atoms with Crippen LogP contribution in [-0.4, -0.2) is 10.3 Å². The van der Waals surface area contributed by atoms with Crippen LogP contribution in [0.1, 0.15) is 12.0 Å². The molecule has 0 bridgehead atoms. The quantitative estimate of drug-likeness (QED) is 0.439. The summed E-state index contributed by atoms with van der Waals surface area (Å²) in [5, 5.41) is 0. The minimum atomic E-state index is -0.0665. The summed E-state index contributed by atoms with van der Waals surface area (Å²) in [7, 11) is 0. The number of aryl methyl sites for hydroxylation is 1. The van der Waals surface area contributed by atoms with Crippen LogP contribution < -0.4 is 10.3 Å². The summed E-state index contributed by atoms with van der Waals surface area (Å²) in [4.78, 5) is 13.7. The van der Waals surface area contributed by atoms with E-state index in [9.17, 15) is 4.79 Å². The molecule has 0 aliphatic heterocycles. The highest BCUT2D eigenvalue weighted by atomic mass is 32.2. The molecule has 0 radical (unpaired) electrons. The van der Waals surface area contributed by atoms with Crippen LogP contribution >= 0.6 is 11.8 Å². The Bertz CT molecular complexity index is 831. The summed E-state index contributed by atoms with van der Waals surface area (Å²) in [6.07, 6.45) is 2.76. The van der Waals surface area contributed by atoms with Crippen molar-refractivity contribution in [3.8, 4) is 5.75 Å². The van der Waals surface area contributed by atoms with Gasteiger partial charge in [0, 0.05) is 17.6 Å². The fraction of sp³-hybridized carbons (Fsp3) is 0.190. The maximum Gasteiger partial charge on any atom is 0.292 e. The van der Waals surface area contributed by atoms with Gasteiger partial charge in [0.15, 0.2) is 5.75 Å². The molecule has 0 amide bonds. The Hall–Kier alpha value is -2.46. The molecule has 0 aliphatic rings. The van der Waals surface area contributed by atoms with Crippen molar-refractivity contribution in [1.29, 1.82) is 0 Å². The lowest BCUT2D eigenvalue weighted by Gasteiger charge is -2.09. The van der Waals surface area contributed by atoms with Gasteiger partial charge in [-0.2, -0.15) is 0 Å². The molecule has 0 aliphatic carbocycles. The van der Waals surface area contributed by atoms with Gasteiger partial charge in [-0.15, -0.1) is 11.8 Å². The molecule has 0 saturated heterocycles. The Morgan fingerprint density at radius 3 is 2.36 bits per heavy atom. The summed E-state index contributed by atoms with van der Waals surface area (Å²) >= 11 is 1.81. The third kappa shape index (κ3) is 5.26. The van der Waals surface area contributed by atoms with Gasteiger partial charge < -0.3 is 9.30 Å². The SMILES string of the molecule is O=c1c(OCc2ccccc2)cccn1CCCSc1ccccc1. The first-order valence-corrected chi connectivity index (χ1v) is 9.35. The van der Waals surface area contributed by atoms with E-state index >= 15 is 0 Å². The normalized spacial score (nSPS) is 10.6. The molecule has 0 fully saturated rings. The molecule has 3 nitrogen and oxygen atoms in total. The Balaban J connectivity index is 1.53. The summed E-state index contributed by atoms with van der Waals surface area (Å²) < 4.78 is 7.43. The van der Waals surface area contributed by atoms with Crippen LogP contribution in [-0.2, 0) is 13.2 Å². The number of rotatable bonds is 8. The number of ether oxygens (including phenoxy) is 1. The van der Waals surface area contributed by atoms with E-state index in [1.54, 1.807) is 10.6 Å². The van der Waals surface area contributed by atoms with E-state index in [-0.39, 0.29) is 5.56 Å². The Morgan fingerprint density at radius 1 is 0.880 bits per heavy atom. The van der Waals surface area contributed by atoms with E-state index in [1.807, 2.05) is 72.6 Å². The second kappa shape index (κ2) is 9.14. The molecule has 3 aromatic rings. The van der Waals surface area contributed by atoms with Gasteiger partial charge in [-0.1, -0.05) is 48.5 Å². The molecule has 0 atom stereocenters. The number of hydrogen-bond donors (Lipinski definition) is 0. The highest BCUT2D eigenvalue weighted by Gasteiger charge is 2.05. The van der Waals surface area contributed by atoms with Gasteiger partial charge >= 0.3 is 0 Å². The number of aromatic nitrogens is 1.